The van der Waals surface area contributed by atoms with E-state index in [0.29, 0.717) is 0 Å². The summed E-state index contributed by atoms with van der Waals surface area (Å²) < 4.78 is 8.30. The fourth-order valence-corrected chi connectivity index (χ4v) is 5.49. The molecule has 1 nitrogen and oxygen atoms in total. The molecule has 0 bridgehead atoms. The average molecular weight is 391 g/mol. The van der Waals surface area contributed by atoms with E-state index in [2.05, 4.69) is 80.6 Å². The van der Waals surface area contributed by atoms with Crippen LogP contribution in [0.4, 0.5) is 0 Å². The van der Waals surface area contributed by atoms with Gasteiger partial charge in [-0.15, -0.1) is 0 Å². The molecule has 0 aliphatic carbocycles. The Morgan fingerprint density at radius 1 is 0.720 bits per heavy atom. The third kappa shape index (κ3) is 3.04. The summed E-state index contributed by atoms with van der Waals surface area (Å²) in [5, 5.41) is 5.32. The zero-order valence-electron chi connectivity index (χ0n) is 14.7. The number of aryl methyl sites for hydroxylation is 2. The Bertz CT molecular complexity index is 1070. The van der Waals surface area contributed by atoms with Crippen LogP contribution >= 0.6 is 0 Å². The molecule has 4 aromatic rings. The summed E-state index contributed by atoms with van der Waals surface area (Å²) in [4.78, 5) is 0. The molecule has 0 aliphatic heterocycles. The molecular formula is C23H20OSe. The first kappa shape index (κ1) is 16.2. The summed E-state index contributed by atoms with van der Waals surface area (Å²) >= 11 is 0.261. The molecule has 0 aliphatic rings. The molecule has 0 unspecified atom stereocenters. The van der Waals surface area contributed by atoms with Crippen molar-refractivity contribution in [3.8, 4) is 5.75 Å². The minimum atomic E-state index is 0.261. The fraction of sp³-hybridized carbons (Fsp3) is 0.130. The Kier molecular flexibility index (Phi) is 4.25. The summed E-state index contributed by atoms with van der Waals surface area (Å²) in [6.45, 7) is 4.38. The van der Waals surface area contributed by atoms with Crippen molar-refractivity contribution in [2.45, 2.75) is 13.8 Å². The van der Waals surface area contributed by atoms with Crippen molar-refractivity contribution < 1.29 is 4.74 Å². The monoisotopic (exact) mass is 392 g/mol. The number of rotatable bonds is 3. The number of benzene rings is 4. The molecule has 0 aromatic heterocycles. The van der Waals surface area contributed by atoms with Crippen molar-refractivity contribution in [1.29, 1.82) is 0 Å². The Hall–Kier alpha value is -2.28. The summed E-state index contributed by atoms with van der Waals surface area (Å²) in [6, 6.07) is 24.2. The predicted octanol–water partition coefficient (Wildman–Crippen LogP) is 4.27. The number of fused-ring (bicyclic) bond motifs is 3. The van der Waals surface area contributed by atoms with E-state index in [1.165, 1.54) is 41.6 Å². The van der Waals surface area contributed by atoms with Crippen LogP contribution in [0.1, 0.15) is 11.1 Å². The molecule has 0 saturated carbocycles. The molecular weight excluding hydrogens is 371 g/mol. The van der Waals surface area contributed by atoms with Crippen LogP contribution in [-0.4, -0.2) is 22.1 Å². The second-order valence-corrected chi connectivity index (χ2v) is 8.72. The first-order valence-corrected chi connectivity index (χ1v) is 10.1. The first-order chi connectivity index (χ1) is 12.2. The van der Waals surface area contributed by atoms with Gasteiger partial charge in [0.15, 0.2) is 0 Å². The van der Waals surface area contributed by atoms with Gasteiger partial charge in [0.25, 0.3) is 0 Å². The van der Waals surface area contributed by atoms with E-state index >= 15 is 0 Å². The van der Waals surface area contributed by atoms with E-state index in [0.717, 1.165) is 5.75 Å². The molecule has 0 N–H and O–H groups in total. The maximum atomic E-state index is 5.49. The molecule has 0 atom stereocenters. The van der Waals surface area contributed by atoms with Gasteiger partial charge in [0.1, 0.15) is 0 Å². The molecule has 0 saturated heterocycles. The molecule has 4 rings (SSSR count). The number of hydrogen-bond donors (Lipinski definition) is 0. The van der Waals surface area contributed by atoms with Gasteiger partial charge in [-0.2, -0.15) is 0 Å². The van der Waals surface area contributed by atoms with Crippen molar-refractivity contribution in [2.24, 2.45) is 0 Å². The fourth-order valence-electron chi connectivity index (χ4n) is 3.39. The predicted molar refractivity (Wildman–Crippen MR) is 109 cm³/mol. The van der Waals surface area contributed by atoms with E-state index < -0.39 is 0 Å². The van der Waals surface area contributed by atoms with Gasteiger partial charge in [-0.25, -0.2) is 0 Å². The van der Waals surface area contributed by atoms with E-state index in [1.54, 1.807) is 7.11 Å². The van der Waals surface area contributed by atoms with Crippen LogP contribution < -0.4 is 13.7 Å². The SMILES string of the molecule is COc1ccc2c(c1)c([Se]c1ccccc1)cc1c(C)cc(C)cc12. The summed E-state index contributed by atoms with van der Waals surface area (Å²) in [6.07, 6.45) is 0. The molecule has 0 fully saturated rings. The van der Waals surface area contributed by atoms with Crippen molar-refractivity contribution in [3.63, 3.8) is 0 Å². The average Bonchev–Trinajstić information content (AvgIpc) is 2.63. The zero-order chi connectivity index (χ0) is 17.4. The number of ether oxygens (including phenoxy) is 1. The maximum absolute atomic E-state index is 5.49. The molecule has 124 valence electrons. The first-order valence-electron chi connectivity index (χ1n) is 8.40. The van der Waals surface area contributed by atoms with E-state index in [9.17, 15) is 0 Å². The Balaban J connectivity index is 2.04. The standard InChI is InChI=1S/C23H20OSe/c1-15-11-16(2)20-14-23(25-18-7-5-4-6-8-18)22-13-17(24-3)9-10-19(22)21(20)12-15/h4-14H,1-3H3. The Labute approximate surface area is 154 Å². The Morgan fingerprint density at radius 2 is 1.52 bits per heavy atom. The van der Waals surface area contributed by atoms with Crippen LogP contribution in [0.15, 0.2) is 66.7 Å². The van der Waals surface area contributed by atoms with Gasteiger partial charge in [0, 0.05) is 0 Å². The quantitative estimate of drug-likeness (QED) is 0.374. The summed E-state index contributed by atoms with van der Waals surface area (Å²) in [5.41, 5.74) is 2.65. The van der Waals surface area contributed by atoms with Gasteiger partial charge in [0.2, 0.25) is 0 Å². The van der Waals surface area contributed by atoms with Crippen LogP contribution in [0.5, 0.6) is 5.75 Å². The van der Waals surface area contributed by atoms with Crippen molar-refractivity contribution >= 4 is 45.4 Å². The molecule has 25 heavy (non-hydrogen) atoms. The molecule has 0 amide bonds. The molecule has 0 radical (unpaired) electrons. The number of methoxy groups -OCH3 is 1. The van der Waals surface area contributed by atoms with Gasteiger partial charge < -0.3 is 0 Å². The van der Waals surface area contributed by atoms with Gasteiger partial charge in [-0.3, -0.25) is 0 Å². The van der Waals surface area contributed by atoms with Gasteiger partial charge in [-0.1, -0.05) is 0 Å². The summed E-state index contributed by atoms with van der Waals surface area (Å²) in [7, 11) is 1.73. The van der Waals surface area contributed by atoms with Crippen LogP contribution in [0.25, 0.3) is 21.5 Å². The van der Waals surface area contributed by atoms with E-state index in [-0.39, 0.29) is 15.0 Å². The van der Waals surface area contributed by atoms with Gasteiger partial charge >= 0.3 is 155 Å². The van der Waals surface area contributed by atoms with E-state index in [1.807, 2.05) is 0 Å². The van der Waals surface area contributed by atoms with Crippen molar-refractivity contribution in [2.75, 3.05) is 7.11 Å². The topological polar surface area (TPSA) is 9.23 Å². The molecule has 2 heteroatoms. The van der Waals surface area contributed by atoms with Crippen LogP contribution in [-0.2, 0) is 0 Å². The minimum absolute atomic E-state index is 0.261. The van der Waals surface area contributed by atoms with Gasteiger partial charge in [-0.05, 0) is 0 Å². The Morgan fingerprint density at radius 3 is 2.28 bits per heavy atom. The van der Waals surface area contributed by atoms with Gasteiger partial charge in [0.05, 0.1) is 0 Å². The van der Waals surface area contributed by atoms with Crippen LogP contribution in [0.3, 0.4) is 0 Å². The van der Waals surface area contributed by atoms with Crippen molar-refractivity contribution in [3.05, 3.63) is 77.9 Å². The van der Waals surface area contributed by atoms with Crippen molar-refractivity contribution in [1.82, 2.24) is 0 Å². The molecule has 4 aromatic carbocycles. The third-order valence-electron chi connectivity index (χ3n) is 4.56. The normalized spacial score (nSPS) is 11.2. The van der Waals surface area contributed by atoms with Crippen LogP contribution in [0.2, 0.25) is 0 Å². The third-order valence-corrected chi connectivity index (χ3v) is 6.80. The second kappa shape index (κ2) is 6.55. The number of hydrogen-bond acceptors (Lipinski definition) is 1. The van der Waals surface area contributed by atoms with E-state index in [4.69, 9.17) is 4.74 Å². The molecule has 0 spiro atoms. The summed E-state index contributed by atoms with van der Waals surface area (Å²) in [5.74, 6) is 0.918. The molecule has 0 heterocycles. The second-order valence-electron chi connectivity index (χ2n) is 6.38. The zero-order valence-corrected chi connectivity index (χ0v) is 16.4. The van der Waals surface area contributed by atoms with Crippen LogP contribution in [0, 0.1) is 13.8 Å².